The van der Waals surface area contributed by atoms with E-state index >= 15 is 0 Å². The Labute approximate surface area is 123 Å². The van der Waals surface area contributed by atoms with Crippen LogP contribution in [0.25, 0.3) is 10.9 Å². The van der Waals surface area contributed by atoms with Crippen LogP contribution < -0.4 is 0 Å². The Hall–Kier alpha value is -2.49. The molecule has 0 fully saturated rings. The third kappa shape index (κ3) is 2.70. The van der Waals surface area contributed by atoms with Crippen molar-refractivity contribution in [2.45, 2.75) is 26.3 Å². The summed E-state index contributed by atoms with van der Waals surface area (Å²) in [6.07, 6.45) is 3.91. The second-order valence-corrected chi connectivity index (χ2v) is 5.36. The summed E-state index contributed by atoms with van der Waals surface area (Å²) in [4.78, 5) is 16.8. The van der Waals surface area contributed by atoms with E-state index in [0.717, 1.165) is 16.6 Å². The molecule has 0 aliphatic carbocycles. The first kappa shape index (κ1) is 13.5. The first-order valence-electron chi connectivity index (χ1n) is 7.06. The van der Waals surface area contributed by atoms with Gasteiger partial charge in [0.2, 0.25) is 0 Å². The van der Waals surface area contributed by atoms with Gasteiger partial charge in [0.25, 0.3) is 0 Å². The molecule has 0 aliphatic rings. The fourth-order valence-electron chi connectivity index (χ4n) is 2.36. The molecule has 0 bridgehead atoms. The topological polar surface area (TPSA) is 47.8 Å². The third-order valence-corrected chi connectivity index (χ3v) is 3.48. The molecule has 0 unspecified atom stereocenters. The van der Waals surface area contributed by atoms with Crippen molar-refractivity contribution in [2.24, 2.45) is 0 Å². The van der Waals surface area contributed by atoms with Gasteiger partial charge in [0, 0.05) is 29.4 Å². The average Bonchev–Trinajstić information content (AvgIpc) is 2.95. The van der Waals surface area contributed by atoms with Crippen LogP contribution >= 0.6 is 0 Å². The van der Waals surface area contributed by atoms with E-state index in [4.69, 9.17) is 0 Å². The minimum atomic E-state index is 0.0719. The highest BCUT2D eigenvalue weighted by molar-refractivity contribution is 6.07. The van der Waals surface area contributed by atoms with Crippen LogP contribution in [0.5, 0.6) is 0 Å². The predicted octanol–water partition coefficient (Wildman–Crippen LogP) is 3.44. The van der Waals surface area contributed by atoms with Gasteiger partial charge in [-0.3, -0.25) is 14.5 Å². The van der Waals surface area contributed by atoms with Gasteiger partial charge in [0.05, 0.1) is 17.6 Å². The van der Waals surface area contributed by atoms with E-state index in [2.05, 4.69) is 23.9 Å². The fourth-order valence-corrected chi connectivity index (χ4v) is 2.36. The van der Waals surface area contributed by atoms with E-state index in [1.165, 1.54) is 0 Å². The fraction of sp³-hybridized carbons (Fsp3) is 0.235. The summed E-state index contributed by atoms with van der Waals surface area (Å²) in [6, 6.07) is 11.7. The summed E-state index contributed by atoms with van der Waals surface area (Å²) < 4.78 is 1.87. The summed E-state index contributed by atoms with van der Waals surface area (Å²) in [6.45, 7) is 4.13. The minimum absolute atomic E-state index is 0.0719. The Morgan fingerprint density at radius 3 is 2.76 bits per heavy atom. The van der Waals surface area contributed by atoms with E-state index in [-0.39, 0.29) is 5.78 Å². The highest BCUT2D eigenvalue weighted by atomic mass is 16.1. The van der Waals surface area contributed by atoms with Gasteiger partial charge < -0.3 is 0 Å². The minimum Gasteiger partial charge on any atom is -0.294 e. The second-order valence-electron chi connectivity index (χ2n) is 5.36. The van der Waals surface area contributed by atoms with Crippen molar-refractivity contribution in [1.29, 1.82) is 0 Å². The maximum Gasteiger partial charge on any atom is 0.169 e. The highest BCUT2D eigenvalue weighted by Crippen LogP contribution is 2.18. The predicted molar refractivity (Wildman–Crippen MR) is 82.4 cm³/mol. The number of carbonyl (C=O) groups is 1. The number of nitrogens with zero attached hydrogens (tertiary/aromatic N) is 3. The van der Waals surface area contributed by atoms with Gasteiger partial charge in [-0.2, -0.15) is 5.10 Å². The second kappa shape index (κ2) is 5.48. The third-order valence-electron chi connectivity index (χ3n) is 3.48. The molecule has 0 saturated carbocycles. The van der Waals surface area contributed by atoms with Crippen LogP contribution in [0.4, 0.5) is 0 Å². The van der Waals surface area contributed by atoms with Crippen molar-refractivity contribution in [2.75, 3.05) is 0 Å². The number of hydrogen-bond donors (Lipinski definition) is 0. The van der Waals surface area contributed by atoms with Gasteiger partial charge in [-0.15, -0.1) is 0 Å². The lowest BCUT2D eigenvalue weighted by Gasteiger charge is -2.05. The molecule has 0 amide bonds. The van der Waals surface area contributed by atoms with Gasteiger partial charge in [-0.05, 0) is 32.0 Å². The normalized spacial score (nSPS) is 11.2. The molecular weight excluding hydrogens is 262 g/mol. The number of ketones is 1. The number of fused-ring (bicyclic) bond motifs is 1. The first-order valence-corrected chi connectivity index (χ1v) is 7.06. The van der Waals surface area contributed by atoms with Crippen molar-refractivity contribution >= 4 is 16.7 Å². The molecule has 0 saturated heterocycles. The van der Waals surface area contributed by atoms with Gasteiger partial charge in [0.15, 0.2) is 5.78 Å². The van der Waals surface area contributed by atoms with Gasteiger partial charge >= 0.3 is 0 Å². The summed E-state index contributed by atoms with van der Waals surface area (Å²) >= 11 is 0. The van der Waals surface area contributed by atoms with E-state index in [9.17, 15) is 4.79 Å². The van der Waals surface area contributed by atoms with Crippen LogP contribution in [-0.4, -0.2) is 20.5 Å². The van der Waals surface area contributed by atoms with Gasteiger partial charge in [-0.25, -0.2) is 0 Å². The Kier molecular flexibility index (Phi) is 3.52. The Morgan fingerprint density at radius 1 is 1.19 bits per heavy atom. The molecular formula is C17H17N3O. The molecule has 21 heavy (non-hydrogen) atoms. The molecule has 2 heterocycles. The molecule has 0 atom stereocenters. The summed E-state index contributed by atoms with van der Waals surface area (Å²) in [5, 5.41) is 5.33. The Morgan fingerprint density at radius 2 is 2.00 bits per heavy atom. The van der Waals surface area contributed by atoms with E-state index in [0.29, 0.717) is 18.0 Å². The van der Waals surface area contributed by atoms with Crippen molar-refractivity contribution in [3.05, 3.63) is 60.0 Å². The molecule has 3 aromatic rings. The largest absolute Gasteiger partial charge is 0.294 e. The Bertz CT molecular complexity index is 784. The number of aromatic nitrogens is 3. The van der Waals surface area contributed by atoms with Crippen molar-refractivity contribution in [1.82, 2.24) is 14.8 Å². The SMILES string of the molecule is CC(C)n1ccc(CC(=O)c2ccnc3ccccc23)n1. The zero-order valence-corrected chi connectivity index (χ0v) is 12.2. The molecule has 2 aromatic heterocycles. The van der Waals surface area contributed by atoms with Crippen LogP contribution in [0.2, 0.25) is 0 Å². The summed E-state index contributed by atoms with van der Waals surface area (Å²) in [5.74, 6) is 0.0719. The van der Waals surface area contributed by atoms with E-state index < -0.39 is 0 Å². The zero-order valence-electron chi connectivity index (χ0n) is 12.2. The molecule has 0 aliphatic heterocycles. The number of pyridine rings is 1. The highest BCUT2D eigenvalue weighted by Gasteiger charge is 2.13. The van der Waals surface area contributed by atoms with Crippen LogP contribution in [0.3, 0.4) is 0 Å². The molecule has 0 radical (unpaired) electrons. The van der Waals surface area contributed by atoms with Crippen LogP contribution in [0, 0.1) is 0 Å². The van der Waals surface area contributed by atoms with E-state index in [1.807, 2.05) is 41.2 Å². The quantitative estimate of drug-likeness (QED) is 0.687. The first-order chi connectivity index (χ1) is 10.1. The zero-order chi connectivity index (χ0) is 14.8. The van der Waals surface area contributed by atoms with Crippen LogP contribution in [0.1, 0.15) is 35.9 Å². The lowest BCUT2D eigenvalue weighted by atomic mass is 10.0. The standard InChI is InChI=1S/C17H17N3O/c1-12(2)20-10-8-13(19-20)11-17(21)15-7-9-18-16-6-4-3-5-14(15)16/h3-10,12H,11H2,1-2H3. The number of hydrogen-bond acceptors (Lipinski definition) is 3. The average molecular weight is 279 g/mol. The molecule has 4 heteroatoms. The molecule has 0 spiro atoms. The molecule has 0 N–H and O–H groups in total. The van der Waals surface area contributed by atoms with Crippen LogP contribution in [0.15, 0.2) is 48.8 Å². The van der Waals surface area contributed by atoms with E-state index in [1.54, 1.807) is 12.3 Å². The number of benzene rings is 1. The van der Waals surface area contributed by atoms with Gasteiger partial charge in [-0.1, -0.05) is 18.2 Å². The number of rotatable bonds is 4. The maximum absolute atomic E-state index is 12.5. The molecule has 1 aromatic carbocycles. The number of carbonyl (C=O) groups excluding carboxylic acids is 1. The molecule has 106 valence electrons. The van der Waals surface area contributed by atoms with Crippen molar-refractivity contribution < 1.29 is 4.79 Å². The molecule has 4 nitrogen and oxygen atoms in total. The monoisotopic (exact) mass is 279 g/mol. The molecule has 3 rings (SSSR count). The maximum atomic E-state index is 12.5. The number of para-hydroxylation sites is 1. The van der Waals surface area contributed by atoms with Crippen molar-refractivity contribution in [3.8, 4) is 0 Å². The van der Waals surface area contributed by atoms with Crippen LogP contribution in [-0.2, 0) is 6.42 Å². The van der Waals surface area contributed by atoms with Crippen molar-refractivity contribution in [3.63, 3.8) is 0 Å². The van der Waals surface area contributed by atoms with Gasteiger partial charge in [0.1, 0.15) is 0 Å². The smallest absolute Gasteiger partial charge is 0.169 e. The number of Topliss-reactive ketones (excluding diaryl/α,β-unsaturated/α-hetero) is 1. The summed E-state index contributed by atoms with van der Waals surface area (Å²) in [7, 11) is 0. The summed E-state index contributed by atoms with van der Waals surface area (Å²) in [5.41, 5.74) is 2.35. The Balaban J connectivity index is 1.90. The lowest BCUT2D eigenvalue weighted by Crippen LogP contribution is -2.07. The lowest BCUT2D eigenvalue weighted by molar-refractivity contribution is 0.0993.